The van der Waals surface area contributed by atoms with Gasteiger partial charge in [-0.05, 0) is 37.8 Å². The van der Waals surface area contributed by atoms with Gasteiger partial charge in [0.05, 0.1) is 12.2 Å². The summed E-state index contributed by atoms with van der Waals surface area (Å²) in [5.74, 6) is 1.33. The van der Waals surface area contributed by atoms with E-state index >= 15 is 0 Å². The first-order chi connectivity index (χ1) is 12.8. The van der Waals surface area contributed by atoms with Gasteiger partial charge in [0, 0.05) is 23.2 Å². The Kier molecular flexibility index (Phi) is 5.68. The van der Waals surface area contributed by atoms with Gasteiger partial charge in [-0.15, -0.1) is 0 Å². The molecule has 0 radical (unpaired) electrons. The first kappa shape index (κ1) is 17.7. The van der Waals surface area contributed by atoms with Crippen LogP contribution in [0, 0.1) is 5.82 Å². The summed E-state index contributed by atoms with van der Waals surface area (Å²) in [6, 6.07) is 7.49. The van der Waals surface area contributed by atoms with Crippen molar-refractivity contribution in [1.29, 1.82) is 0 Å². The van der Waals surface area contributed by atoms with Crippen LogP contribution in [0.2, 0.25) is 0 Å². The fourth-order valence-corrected chi connectivity index (χ4v) is 4.61. The maximum absolute atomic E-state index is 13.8. The molecule has 0 saturated heterocycles. The molecule has 2 aliphatic rings. The SMILES string of the molecule is Fc1cccc(-c2nc(CNC3CCCCC3)[nH]c2C2CCCCC2)c1. The van der Waals surface area contributed by atoms with Crippen molar-refractivity contribution in [2.75, 3.05) is 0 Å². The lowest BCUT2D eigenvalue weighted by atomic mass is 9.85. The number of imidazole rings is 1. The highest BCUT2D eigenvalue weighted by Gasteiger charge is 2.23. The molecule has 0 spiro atoms. The Bertz CT molecular complexity index is 712. The van der Waals surface area contributed by atoms with E-state index in [9.17, 15) is 4.39 Å². The van der Waals surface area contributed by atoms with Gasteiger partial charge in [0.2, 0.25) is 0 Å². The number of nitrogens with zero attached hydrogens (tertiary/aromatic N) is 1. The van der Waals surface area contributed by atoms with E-state index in [1.165, 1.54) is 76.0 Å². The molecule has 2 fully saturated rings. The van der Waals surface area contributed by atoms with Gasteiger partial charge in [0.25, 0.3) is 0 Å². The van der Waals surface area contributed by atoms with Gasteiger partial charge in [0.15, 0.2) is 0 Å². The fourth-order valence-electron chi connectivity index (χ4n) is 4.61. The van der Waals surface area contributed by atoms with Crippen LogP contribution >= 0.6 is 0 Å². The third-order valence-corrected chi connectivity index (χ3v) is 6.06. The number of H-pyrrole nitrogens is 1. The molecule has 2 saturated carbocycles. The molecule has 2 N–H and O–H groups in total. The normalized spacial score (nSPS) is 19.7. The molecule has 140 valence electrons. The van der Waals surface area contributed by atoms with Gasteiger partial charge in [0.1, 0.15) is 11.6 Å². The minimum atomic E-state index is -0.193. The summed E-state index contributed by atoms with van der Waals surface area (Å²) in [5, 5.41) is 3.68. The molecule has 1 heterocycles. The lowest BCUT2D eigenvalue weighted by molar-refractivity contribution is 0.369. The van der Waals surface area contributed by atoms with Crippen LogP contribution in [-0.4, -0.2) is 16.0 Å². The monoisotopic (exact) mass is 355 g/mol. The van der Waals surface area contributed by atoms with Crippen LogP contribution in [0.25, 0.3) is 11.3 Å². The van der Waals surface area contributed by atoms with Crippen molar-refractivity contribution in [3.8, 4) is 11.3 Å². The molecule has 2 aliphatic carbocycles. The Hall–Kier alpha value is -1.68. The quantitative estimate of drug-likeness (QED) is 0.724. The van der Waals surface area contributed by atoms with Gasteiger partial charge < -0.3 is 10.3 Å². The van der Waals surface area contributed by atoms with E-state index in [0.29, 0.717) is 12.0 Å². The Morgan fingerprint density at radius 1 is 1.00 bits per heavy atom. The highest BCUT2D eigenvalue weighted by molar-refractivity contribution is 5.63. The smallest absolute Gasteiger partial charge is 0.123 e. The predicted octanol–water partition coefficient (Wildman–Crippen LogP) is 5.69. The zero-order chi connectivity index (χ0) is 17.8. The van der Waals surface area contributed by atoms with Crippen LogP contribution in [0.15, 0.2) is 24.3 Å². The Labute approximate surface area is 155 Å². The number of hydrogen-bond acceptors (Lipinski definition) is 2. The largest absolute Gasteiger partial charge is 0.344 e. The van der Waals surface area contributed by atoms with Gasteiger partial charge in [-0.25, -0.2) is 9.37 Å². The summed E-state index contributed by atoms with van der Waals surface area (Å²) in [6.45, 7) is 0.777. The average molecular weight is 356 g/mol. The summed E-state index contributed by atoms with van der Waals surface area (Å²) in [7, 11) is 0. The Balaban J connectivity index is 1.57. The highest BCUT2D eigenvalue weighted by Crippen LogP contribution is 2.37. The Morgan fingerprint density at radius 2 is 1.73 bits per heavy atom. The molecule has 0 aliphatic heterocycles. The molecule has 2 aromatic rings. The van der Waals surface area contributed by atoms with E-state index in [4.69, 9.17) is 4.98 Å². The molecule has 4 heteroatoms. The van der Waals surface area contributed by atoms with Crippen LogP contribution in [0.1, 0.15) is 81.6 Å². The van der Waals surface area contributed by atoms with E-state index in [2.05, 4.69) is 10.3 Å². The number of hydrogen-bond donors (Lipinski definition) is 2. The first-order valence-corrected chi connectivity index (χ1v) is 10.4. The van der Waals surface area contributed by atoms with Gasteiger partial charge in [-0.2, -0.15) is 0 Å². The van der Waals surface area contributed by atoms with Crippen molar-refractivity contribution in [3.63, 3.8) is 0 Å². The van der Waals surface area contributed by atoms with Crippen molar-refractivity contribution in [1.82, 2.24) is 15.3 Å². The minimum Gasteiger partial charge on any atom is -0.344 e. The number of benzene rings is 1. The highest BCUT2D eigenvalue weighted by atomic mass is 19.1. The van der Waals surface area contributed by atoms with E-state index in [1.807, 2.05) is 6.07 Å². The van der Waals surface area contributed by atoms with Crippen molar-refractivity contribution in [3.05, 3.63) is 41.6 Å². The number of aromatic amines is 1. The maximum atomic E-state index is 13.8. The topological polar surface area (TPSA) is 40.7 Å². The summed E-state index contributed by atoms with van der Waals surface area (Å²) < 4.78 is 13.8. The van der Waals surface area contributed by atoms with Crippen LogP contribution in [0.5, 0.6) is 0 Å². The zero-order valence-corrected chi connectivity index (χ0v) is 15.6. The van der Waals surface area contributed by atoms with Crippen LogP contribution in [0.4, 0.5) is 4.39 Å². The number of nitrogens with one attached hydrogen (secondary N) is 2. The first-order valence-electron chi connectivity index (χ1n) is 10.4. The minimum absolute atomic E-state index is 0.193. The Morgan fingerprint density at radius 3 is 2.46 bits per heavy atom. The molecule has 1 aromatic heterocycles. The molecule has 0 amide bonds. The second-order valence-corrected chi connectivity index (χ2v) is 8.01. The zero-order valence-electron chi connectivity index (χ0n) is 15.6. The second kappa shape index (κ2) is 8.34. The molecule has 3 nitrogen and oxygen atoms in total. The standard InChI is InChI=1S/C22H30FN3/c23-18-11-7-10-17(14-18)22-21(16-8-3-1-4-9-16)25-20(26-22)15-24-19-12-5-2-6-13-19/h7,10-11,14,16,19,24H,1-6,8-9,12-13,15H2,(H,25,26). The van der Waals surface area contributed by atoms with Crippen molar-refractivity contribution in [2.45, 2.75) is 82.7 Å². The number of rotatable bonds is 5. The van der Waals surface area contributed by atoms with Gasteiger partial charge >= 0.3 is 0 Å². The second-order valence-electron chi connectivity index (χ2n) is 8.01. The predicted molar refractivity (Wildman–Crippen MR) is 104 cm³/mol. The summed E-state index contributed by atoms with van der Waals surface area (Å²) in [5.41, 5.74) is 3.07. The van der Waals surface area contributed by atoms with Crippen molar-refractivity contribution in [2.24, 2.45) is 0 Å². The molecule has 0 unspecified atom stereocenters. The molecule has 26 heavy (non-hydrogen) atoms. The maximum Gasteiger partial charge on any atom is 0.123 e. The molecular weight excluding hydrogens is 325 g/mol. The molecule has 4 rings (SSSR count). The van der Waals surface area contributed by atoms with E-state index in [-0.39, 0.29) is 5.82 Å². The fraction of sp³-hybridized carbons (Fsp3) is 0.591. The summed E-state index contributed by atoms with van der Waals surface area (Å²) in [6.07, 6.45) is 12.9. The van der Waals surface area contributed by atoms with Gasteiger partial charge in [-0.3, -0.25) is 0 Å². The lowest BCUT2D eigenvalue weighted by Crippen LogP contribution is -2.30. The summed E-state index contributed by atoms with van der Waals surface area (Å²) >= 11 is 0. The third kappa shape index (κ3) is 4.17. The average Bonchev–Trinajstić information content (AvgIpc) is 3.12. The van der Waals surface area contributed by atoms with Crippen LogP contribution < -0.4 is 5.32 Å². The van der Waals surface area contributed by atoms with Crippen LogP contribution in [-0.2, 0) is 6.54 Å². The van der Waals surface area contributed by atoms with E-state index in [1.54, 1.807) is 12.1 Å². The molecular formula is C22H30FN3. The van der Waals surface area contributed by atoms with Crippen LogP contribution in [0.3, 0.4) is 0 Å². The number of aromatic nitrogens is 2. The van der Waals surface area contributed by atoms with Crippen molar-refractivity contribution < 1.29 is 4.39 Å². The number of halogens is 1. The van der Waals surface area contributed by atoms with Crippen molar-refractivity contribution >= 4 is 0 Å². The lowest BCUT2D eigenvalue weighted by Gasteiger charge is -2.22. The van der Waals surface area contributed by atoms with E-state index < -0.39 is 0 Å². The molecule has 0 bridgehead atoms. The molecule has 1 aromatic carbocycles. The molecule has 0 atom stereocenters. The van der Waals surface area contributed by atoms with Gasteiger partial charge in [-0.1, -0.05) is 50.7 Å². The van der Waals surface area contributed by atoms with E-state index in [0.717, 1.165) is 23.6 Å². The summed E-state index contributed by atoms with van der Waals surface area (Å²) in [4.78, 5) is 8.51. The third-order valence-electron chi connectivity index (χ3n) is 6.06.